The highest BCUT2D eigenvalue weighted by atomic mass is 16.5. The van der Waals surface area contributed by atoms with E-state index in [1.807, 2.05) is 30.3 Å². The number of carbonyl (C=O) groups excluding carboxylic acids is 3. The van der Waals surface area contributed by atoms with E-state index in [1.54, 1.807) is 41.1 Å². The summed E-state index contributed by atoms with van der Waals surface area (Å²) in [6, 6.07) is 16.2. The molecule has 6 heteroatoms. The smallest absolute Gasteiger partial charge is 0.339 e. The summed E-state index contributed by atoms with van der Waals surface area (Å²) in [4.78, 5) is 41.5. The van der Waals surface area contributed by atoms with Crippen LogP contribution in [0.5, 0.6) is 0 Å². The van der Waals surface area contributed by atoms with E-state index in [0.29, 0.717) is 31.5 Å². The second-order valence-electron chi connectivity index (χ2n) is 8.51. The molecule has 1 aliphatic heterocycles. The molecule has 2 atom stereocenters. The maximum atomic E-state index is 13.0. The van der Waals surface area contributed by atoms with E-state index < -0.39 is 5.97 Å². The summed E-state index contributed by atoms with van der Waals surface area (Å²) >= 11 is 0. The summed E-state index contributed by atoms with van der Waals surface area (Å²) < 4.78 is 5.30. The maximum absolute atomic E-state index is 13.0. The molecule has 31 heavy (non-hydrogen) atoms. The van der Waals surface area contributed by atoms with E-state index in [-0.39, 0.29) is 29.5 Å². The summed E-state index contributed by atoms with van der Waals surface area (Å²) in [7, 11) is 1.69. The summed E-state index contributed by atoms with van der Waals surface area (Å²) in [6.07, 6.45) is 1.09. The highest BCUT2D eigenvalue weighted by molar-refractivity contribution is 6.05. The van der Waals surface area contributed by atoms with Gasteiger partial charge in [-0.05, 0) is 36.0 Å². The van der Waals surface area contributed by atoms with Crippen molar-refractivity contribution in [2.24, 2.45) is 11.8 Å². The zero-order valence-corrected chi connectivity index (χ0v) is 18.4. The second kappa shape index (κ2) is 10.2. The Bertz CT molecular complexity index is 918. The molecule has 1 fully saturated rings. The number of rotatable bonds is 6. The minimum atomic E-state index is -0.663. The second-order valence-corrected chi connectivity index (χ2v) is 8.51. The van der Waals surface area contributed by atoms with Gasteiger partial charge in [0.2, 0.25) is 0 Å². The molecule has 1 saturated heterocycles. The van der Waals surface area contributed by atoms with Gasteiger partial charge in [-0.3, -0.25) is 9.59 Å². The van der Waals surface area contributed by atoms with Crippen molar-refractivity contribution in [3.05, 3.63) is 71.3 Å². The van der Waals surface area contributed by atoms with Crippen LogP contribution in [0.3, 0.4) is 0 Å². The molecule has 3 rings (SSSR count). The summed E-state index contributed by atoms with van der Waals surface area (Å²) in [5, 5.41) is 0. The minimum absolute atomic E-state index is 0.167. The first-order chi connectivity index (χ1) is 14.8. The highest BCUT2D eigenvalue weighted by Crippen LogP contribution is 2.21. The Kier molecular flexibility index (Phi) is 7.45. The molecule has 1 aliphatic rings. The zero-order chi connectivity index (χ0) is 22.4. The van der Waals surface area contributed by atoms with Gasteiger partial charge in [-0.2, -0.15) is 0 Å². The van der Waals surface area contributed by atoms with Crippen molar-refractivity contribution in [2.45, 2.75) is 26.8 Å². The van der Waals surface area contributed by atoms with Gasteiger partial charge in [0.15, 0.2) is 6.61 Å². The van der Waals surface area contributed by atoms with Crippen molar-refractivity contribution in [1.29, 1.82) is 0 Å². The molecular weight excluding hydrogens is 392 g/mol. The van der Waals surface area contributed by atoms with Crippen molar-refractivity contribution >= 4 is 17.8 Å². The van der Waals surface area contributed by atoms with E-state index in [0.717, 1.165) is 12.0 Å². The molecule has 0 bridgehead atoms. The molecule has 0 spiro atoms. The third kappa shape index (κ3) is 5.94. The molecule has 0 radical (unpaired) electrons. The van der Waals surface area contributed by atoms with Crippen LogP contribution in [0.2, 0.25) is 0 Å². The van der Waals surface area contributed by atoms with Crippen LogP contribution in [0.4, 0.5) is 0 Å². The van der Waals surface area contributed by atoms with Crippen LogP contribution in [-0.2, 0) is 16.1 Å². The van der Waals surface area contributed by atoms with Crippen molar-refractivity contribution in [2.75, 3.05) is 26.7 Å². The lowest BCUT2D eigenvalue weighted by atomic mass is 9.92. The molecule has 0 aliphatic carbocycles. The molecule has 0 N–H and O–H groups in total. The average Bonchev–Trinajstić information content (AvgIpc) is 2.76. The Balaban J connectivity index is 1.64. The minimum Gasteiger partial charge on any atom is -0.452 e. The number of ether oxygens (including phenoxy) is 1. The average molecular weight is 423 g/mol. The van der Waals surface area contributed by atoms with E-state index in [4.69, 9.17) is 4.74 Å². The molecule has 0 unspecified atom stereocenters. The summed E-state index contributed by atoms with van der Waals surface area (Å²) in [5.41, 5.74) is 1.42. The third-order valence-electron chi connectivity index (χ3n) is 5.53. The first-order valence-electron chi connectivity index (χ1n) is 10.7. The van der Waals surface area contributed by atoms with Crippen LogP contribution in [-0.4, -0.2) is 54.3 Å². The van der Waals surface area contributed by atoms with Crippen LogP contribution in [0.25, 0.3) is 0 Å². The molecule has 2 aromatic rings. The molecule has 2 aromatic carbocycles. The Labute approximate surface area is 183 Å². The number of nitrogens with zero attached hydrogens (tertiary/aromatic N) is 2. The summed E-state index contributed by atoms with van der Waals surface area (Å²) in [5.74, 6) is -0.273. The molecule has 0 aromatic heterocycles. The van der Waals surface area contributed by atoms with E-state index in [1.165, 1.54) is 0 Å². The van der Waals surface area contributed by atoms with Gasteiger partial charge < -0.3 is 14.5 Å². The molecule has 2 amide bonds. The van der Waals surface area contributed by atoms with Crippen molar-refractivity contribution in [1.82, 2.24) is 9.80 Å². The summed E-state index contributed by atoms with van der Waals surface area (Å²) in [6.45, 7) is 5.71. The number of likely N-dealkylation sites (tertiary alicyclic amines) is 1. The maximum Gasteiger partial charge on any atom is 0.339 e. The lowest BCUT2D eigenvalue weighted by Gasteiger charge is -2.34. The fourth-order valence-corrected chi connectivity index (χ4v) is 4.15. The monoisotopic (exact) mass is 422 g/mol. The van der Waals surface area contributed by atoms with Crippen LogP contribution in [0.15, 0.2) is 54.6 Å². The van der Waals surface area contributed by atoms with Crippen molar-refractivity contribution in [3.8, 4) is 0 Å². The highest BCUT2D eigenvalue weighted by Gasteiger charge is 2.27. The Morgan fingerprint density at radius 1 is 0.935 bits per heavy atom. The number of piperidine rings is 1. The van der Waals surface area contributed by atoms with Crippen LogP contribution in [0, 0.1) is 11.8 Å². The lowest BCUT2D eigenvalue weighted by Crippen LogP contribution is -2.44. The SMILES string of the molecule is C[C@@H]1C[C@@H](C)CN(C(=O)COC(=O)c2ccccc2C(=O)N(C)Cc2ccccc2)C1. The lowest BCUT2D eigenvalue weighted by molar-refractivity contribution is -0.137. The van der Waals surface area contributed by atoms with E-state index in [2.05, 4.69) is 13.8 Å². The number of esters is 1. The Morgan fingerprint density at radius 3 is 2.16 bits per heavy atom. The van der Waals surface area contributed by atoms with Crippen LogP contribution < -0.4 is 0 Å². The molecule has 0 saturated carbocycles. The van der Waals surface area contributed by atoms with Gasteiger partial charge in [-0.1, -0.05) is 56.3 Å². The topological polar surface area (TPSA) is 66.9 Å². The number of amides is 2. The molecule has 164 valence electrons. The fourth-order valence-electron chi connectivity index (χ4n) is 4.15. The predicted octanol–water partition coefficient (Wildman–Crippen LogP) is 3.62. The standard InChI is InChI=1S/C25H30N2O4/c1-18-13-19(2)15-27(14-18)23(28)17-31-25(30)22-12-8-7-11-21(22)24(29)26(3)16-20-9-5-4-6-10-20/h4-12,18-19H,13-17H2,1-3H3/t18-,19-/m1/s1. The van der Waals surface area contributed by atoms with Gasteiger partial charge in [-0.25, -0.2) is 4.79 Å². The normalized spacial score (nSPS) is 18.4. The Hall–Kier alpha value is -3.15. The third-order valence-corrected chi connectivity index (χ3v) is 5.53. The zero-order valence-electron chi connectivity index (χ0n) is 18.4. The van der Waals surface area contributed by atoms with Gasteiger partial charge >= 0.3 is 5.97 Å². The molecule has 6 nitrogen and oxygen atoms in total. The van der Waals surface area contributed by atoms with Gasteiger partial charge in [0.1, 0.15) is 0 Å². The molecule has 1 heterocycles. The Morgan fingerprint density at radius 2 is 1.52 bits per heavy atom. The quantitative estimate of drug-likeness (QED) is 0.667. The van der Waals surface area contributed by atoms with E-state index in [9.17, 15) is 14.4 Å². The first kappa shape index (κ1) is 22.5. The van der Waals surface area contributed by atoms with Crippen molar-refractivity contribution < 1.29 is 19.1 Å². The van der Waals surface area contributed by atoms with Crippen LogP contribution in [0.1, 0.15) is 46.5 Å². The van der Waals surface area contributed by atoms with Crippen molar-refractivity contribution in [3.63, 3.8) is 0 Å². The number of hydrogen-bond donors (Lipinski definition) is 0. The van der Waals surface area contributed by atoms with E-state index >= 15 is 0 Å². The van der Waals surface area contributed by atoms with Gasteiger partial charge in [0.05, 0.1) is 11.1 Å². The van der Waals surface area contributed by atoms with Gasteiger partial charge in [-0.15, -0.1) is 0 Å². The first-order valence-corrected chi connectivity index (χ1v) is 10.7. The van der Waals surface area contributed by atoms with Crippen LogP contribution >= 0.6 is 0 Å². The predicted molar refractivity (Wildman–Crippen MR) is 118 cm³/mol. The van der Waals surface area contributed by atoms with Gasteiger partial charge in [0, 0.05) is 26.7 Å². The number of benzene rings is 2. The largest absolute Gasteiger partial charge is 0.452 e. The molecular formula is C25H30N2O4. The number of hydrogen-bond acceptors (Lipinski definition) is 4. The van der Waals surface area contributed by atoms with Gasteiger partial charge in [0.25, 0.3) is 11.8 Å². The number of carbonyl (C=O) groups is 3. The fraction of sp³-hybridized carbons (Fsp3) is 0.400.